The number of phenols is 1. The highest BCUT2D eigenvalue weighted by molar-refractivity contribution is 5.87. The minimum absolute atomic E-state index is 0.00606. The van der Waals surface area contributed by atoms with Crippen LogP contribution in [0.3, 0.4) is 0 Å². The molecule has 2 saturated heterocycles. The molecule has 4 aliphatic rings. The van der Waals surface area contributed by atoms with E-state index in [0.717, 1.165) is 32.1 Å². The number of aliphatic carboxylic acids is 1. The van der Waals surface area contributed by atoms with E-state index in [1.807, 2.05) is 6.92 Å². The lowest BCUT2D eigenvalue weighted by molar-refractivity contribution is -0.338. The quantitative estimate of drug-likeness (QED) is 0.0678. The molecule has 0 radical (unpaired) electrons. The van der Waals surface area contributed by atoms with Gasteiger partial charge in [-0.2, -0.15) is 0 Å². The van der Waals surface area contributed by atoms with Crippen molar-refractivity contribution in [3.63, 3.8) is 0 Å². The van der Waals surface area contributed by atoms with Gasteiger partial charge in [-0.05, 0) is 55.7 Å². The van der Waals surface area contributed by atoms with Crippen molar-refractivity contribution in [3.05, 3.63) is 40.2 Å². The van der Waals surface area contributed by atoms with E-state index in [1.165, 1.54) is 38.1 Å². The summed E-state index contributed by atoms with van der Waals surface area (Å²) >= 11 is 0. The number of carbonyl (C=O) groups is 4. The predicted molar refractivity (Wildman–Crippen MR) is 229 cm³/mol. The standard InChI is InChI=1S/C45H65N3O18/c1-4-24-15-26(42(58)47-13-12-46-33(52)17-25-18-34(53)62-29-19-27(51)10-11-28(25)29)16-30(40(24)66-45-39(57)38(56)36(54)21(2)61-45)64-44-35(48-22(3)50)41(37(55)32(20-49)65-44)63-31(43(59)60)14-23-8-6-5-7-9-23/h10-11,18-19,21,23-24,26,30-32,35-41,44-45,49,51,54-57H,4-9,12-17,20H2,1-3H3,(H,46,52)(H,47,58)(H,48,50)(H,59,60)/t21-,24+,26?,30+,31-,32?,35?,36?,37?,38-,39-,40?,41?,44+,45?/m0/s1. The second kappa shape index (κ2) is 23.1. The molecule has 66 heavy (non-hydrogen) atoms. The number of aromatic hydroxyl groups is 1. The lowest BCUT2D eigenvalue weighted by Gasteiger charge is -2.49. The number of carboxylic acid groups (broad SMARTS) is 1. The topological polar surface area (TPSA) is 322 Å². The van der Waals surface area contributed by atoms with E-state index >= 15 is 0 Å². The second-order valence-corrected chi connectivity index (χ2v) is 18.0. The number of hydrogen-bond donors (Lipinski definition) is 10. The number of fused-ring (bicyclic) bond motifs is 1. The Balaban J connectivity index is 1.20. The van der Waals surface area contributed by atoms with Crippen LogP contribution in [0, 0.1) is 17.8 Å². The first-order valence-electron chi connectivity index (χ1n) is 22.9. The van der Waals surface area contributed by atoms with Crippen molar-refractivity contribution < 1.29 is 83.0 Å². The fourth-order valence-corrected chi connectivity index (χ4v) is 9.71. The van der Waals surface area contributed by atoms with Gasteiger partial charge in [-0.25, -0.2) is 9.59 Å². The van der Waals surface area contributed by atoms with Crippen LogP contribution in [0.5, 0.6) is 5.75 Å². The normalized spacial score (nSPS) is 33.5. The fourth-order valence-electron chi connectivity index (χ4n) is 9.71. The number of aliphatic hydroxyl groups excluding tert-OH is 5. The van der Waals surface area contributed by atoms with E-state index in [0.29, 0.717) is 17.4 Å². The molecule has 0 spiro atoms. The maximum Gasteiger partial charge on any atom is 0.336 e. The lowest BCUT2D eigenvalue weighted by Crippen LogP contribution is -2.67. The number of carbonyl (C=O) groups excluding carboxylic acids is 3. The van der Waals surface area contributed by atoms with Crippen molar-refractivity contribution in [2.75, 3.05) is 19.7 Å². The van der Waals surface area contributed by atoms with Crippen LogP contribution in [0.4, 0.5) is 0 Å². The summed E-state index contributed by atoms with van der Waals surface area (Å²) < 4.78 is 36.2. The molecule has 3 amide bonds. The van der Waals surface area contributed by atoms with Gasteiger partial charge in [0.1, 0.15) is 54.0 Å². The summed E-state index contributed by atoms with van der Waals surface area (Å²) in [5.41, 5.74) is -0.193. The fraction of sp³-hybridized carbons (Fsp3) is 0.711. The summed E-state index contributed by atoms with van der Waals surface area (Å²) in [6, 6.07) is 4.05. The van der Waals surface area contributed by atoms with Gasteiger partial charge in [0.15, 0.2) is 18.7 Å². The van der Waals surface area contributed by atoms with Gasteiger partial charge in [0.2, 0.25) is 17.7 Å². The van der Waals surface area contributed by atoms with Crippen molar-refractivity contribution in [2.24, 2.45) is 17.8 Å². The van der Waals surface area contributed by atoms with E-state index in [1.54, 1.807) is 0 Å². The van der Waals surface area contributed by atoms with Gasteiger partial charge in [-0.3, -0.25) is 14.4 Å². The lowest BCUT2D eigenvalue weighted by atomic mass is 9.75. The van der Waals surface area contributed by atoms with Crippen LogP contribution >= 0.6 is 0 Å². The average molecular weight is 936 g/mol. The van der Waals surface area contributed by atoms with E-state index in [9.17, 15) is 59.7 Å². The van der Waals surface area contributed by atoms with Gasteiger partial charge < -0.3 is 79.8 Å². The largest absolute Gasteiger partial charge is 0.508 e. The van der Waals surface area contributed by atoms with Crippen LogP contribution in [0.15, 0.2) is 33.5 Å². The molecule has 2 aliphatic heterocycles. The summed E-state index contributed by atoms with van der Waals surface area (Å²) in [6.07, 6.45) is -11.6. The van der Waals surface area contributed by atoms with Gasteiger partial charge in [0, 0.05) is 43.5 Å². The summed E-state index contributed by atoms with van der Waals surface area (Å²) in [6.45, 7) is 3.81. The van der Waals surface area contributed by atoms with Crippen LogP contribution in [-0.4, -0.2) is 159 Å². The Bertz CT molecular complexity index is 2030. The number of amides is 3. The SMILES string of the molecule is CC[C@@H]1CC(C(=O)NCCNC(=O)Cc2cc(=O)oc3cc(O)ccc23)C[C@@H](O[C@@H]2OC(CO)C(O)C(O[C@@H](CC3CCCCC3)C(=O)O)C2NC(C)=O)C1OC1O[C@@H](C)C(O)[C@H](O)[C@@H]1O. The van der Waals surface area contributed by atoms with E-state index in [2.05, 4.69) is 16.0 Å². The zero-order valence-corrected chi connectivity index (χ0v) is 37.4. The van der Waals surface area contributed by atoms with Crippen molar-refractivity contribution >= 4 is 34.7 Å². The second-order valence-electron chi connectivity index (χ2n) is 18.0. The summed E-state index contributed by atoms with van der Waals surface area (Å²) in [5, 5.41) is 82.7. The number of rotatable bonds is 18. The molecule has 21 heteroatoms. The summed E-state index contributed by atoms with van der Waals surface area (Å²) in [4.78, 5) is 64.4. The Kier molecular flexibility index (Phi) is 17.9. The van der Waals surface area contributed by atoms with E-state index < -0.39 is 127 Å². The monoisotopic (exact) mass is 935 g/mol. The van der Waals surface area contributed by atoms with Gasteiger partial charge in [0.25, 0.3) is 0 Å². The number of ether oxygens (including phenoxy) is 5. The van der Waals surface area contributed by atoms with Gasteiger partial charge in [0.05, 0.1) is 31.3 Å². The minimum Gasteiger partial charge on any atom is -0.508 e. The Labute approximate surface area is 381 Å². The summed E-state index contributed by atoms with van der Waals surface area (Å²) in [5.74, 6) is -4.04. The number of phenolic OH excluding ortho intramolecular Hbond substituents is 1. The zero-order chi connectivity index (χ0) is 47.8. The Morgan fingerprint density at radius 3 is 2.29 bits per heavy atom. The smallest absolute Gasteiger partial charge is 0.336 e. The first kappa shape index (κ1) is 51.1. The Hall–Kier alpha value is -4.29. The Morgan fingerprint density at radius 2 is 1.61 bits per heavy atom. The maximum absolute atomic E-state index is 13.9. The molecule has 15 atom stereocenters. The van der Waals surface area contributed by atoms with Gasteiger partial charge in [-0.15, -0.1) is 0 Å². The van der Waals surface area contributed by atoms with E-state index in [4.69, 9.17) is 28.1 Å². The van der Waals surface area contributed by atoms with Crippen molar-refractivity contribution in [2.45, 2.75) is 165 Å². The number of aliphatic hydroxyl groups is 5. The Morgan fingerprint density at radius 1 is 0.879 bits per heavy atom. The van der Waals surface area contributed by atoms with Gasteiger partial charge in [-0.1, -0.05) is 45.4 Å². The molecule has 2 saturated carbocycles. The van der Waals surface area contributed by atoms with Crippen molar-refractivity contribution in [1.29, 1.82) is 0 Å². The molecule has 4 fully saturated rings. The van der Waals surface area contributed by atoms with Crippen LogP contribution in [0.2, 0.25) is 0 Å². The molecule has 1 aromatic heterocycles. The first-order chi connectivity index (χ1) is 31.5. The predicted octanol–water partition coefficient (Wildman–Crippen LogP) is -0.301. The molecule has 2 aromatic rings. The van der Waals surface area contributed by atoms with Crippen molar-refractivity contribution in [1.82, 2.24) is 16.0 Å². The minimum atomic E-state index is -1.70. The van der Waals surface area contributed by atoms with E-state index in [-0.39, 0.29) is 56.0 Å². The molecular weight excluding hydrogens is 870 g/mol. The third-order valence-corrected chi connectivity index (χ3v) is 13.2. The van der Waals surface area contributed by atoms with Crippen LogP contribution in [0.25, 0.3) is 11.0 Å². The highest BCUT2D eigenvalue weighted by atomic mass is 16.7. The average Bonchev–Trinajstić information content (AvgIpc) is 3.27. The van der Waals surface area contributed by atoms with Gasteiger partial charge >= 0.3 is 11.6 Å². The molecule has 10 N–H and O–H groups in total. The van der Waals surface area contributed by atoms with Crippen LogP contribution in [-0.2, 0) is 49.3 Å². The maximum atomic E-state index is 13.9. The highest BCUT2D eigenvalue weighted by Gasteiger charge is 2.53. The molecule has 21 nitrogen and oxygen atoms in total. The molecule has 0 bridgehead atoms. The molecule has 6 rings (SSSR count). The number of nitrogens with one attached hydrogen (secondary N) is 3. The molecule has 2 aliphatic carbocycles. The molecule has 3 heterocycles. The third-order valence-electron chi connectivity index (χ3n) is 13.2. The first-order valence-corrected chi connectivity index (χ1v) is 22.9. The number of benzene rings is 1. The van der Waals surface area contributed by atoms with Crippen molar-refractivity contribution in [3.8, 4) is 5.75 Å². The van der Waals surface area contributed by atoms with Crippen LogP contribution < -0.4 is 21.6 Å². The molecular formula is C45H65N3O18. The van der Waals surface area contributed by atoms with Crippen LogP contribution in [0.1, 0.15) is 84.1 Å². The third kappa shape index (κ3) is 12.6. The zero-order valence-electron chi connectivity index (χ0n) is 37.4. The molecule has 368 valence electrons. The number of carboxylic acids is 1. The molecule has 8 unspecified atom stereocenters. The molecule has 1 aromatic carbocycles. The summed E-state index contributed by atoms with van der Waals surface area (Å²) in [7, 11) is 0. The number of hydrogen-bond acceptors (Lipinski definition) is 17. The highest BCUT2D eigenvalue weighted by Crippen LogP contribution is 2.40.